The van der Waals surface area contributed by atoms with Gasteiger partial charge < -0.3 is 4.90 Å². The van der Waals surface area contributed by atoms with Crippen LogP contribution in [0.1, 0.15) is 46.7 Å². The maximum absolute atomic E-state index is 11.9. The van der Waals surface area contributed by atoms with Gasteiger partial charge in [0, 0.05) is 36.1 Å². The molecule has 0 atom stereocenters. The van der Waals surface area contributed by atoms with Gasteiger partial charge in [0.1, 0.15) is 4.34 Å². The van der Waals surface area contributed by atoms with Crippen molar-refractivity contribution in [3.63, 3.8) is 0 Å². The molecule has 1 aromatic rings. The van der Waals surface area contributed by atoms with Crippen LogP contribution in [-0.4, -0.2) is 34.6 Å². The summed E-state index contributed by atoms with van der Waals surface area (Å²) in [5, 5.41) is 2.12. The van der Waals surface area contributed by atoms with Crippen molar-refractivity contribution in [3.8, 4) is 0 Å². The van der Waals surface area contributed by atoms with Crippen LogP contribution in [0.25, 0.3) is 0 Å². The summed E-state index contributed by atoms with van der Waals surface area (Å²) in [6.07, 6.45) is 0.594. The number of amides is 1. The fourth-order valence-corrected chi connectivity index (χ4v) is 3.68. The summed E-state index contributed by atoms with van der Waals surface area (Å²) in [5.74, 6) is 1.05. The van der Waals surface area contributed by atoms with Crippen LogP contribution in [0.5, 0.6) is 0 Å². The molecule has 0 aliphatic rings. The summed E-state index contributed by atoms with van der Waals surface area (Å²) in [6, 6.07) is 0. The Morgan fingerprint density at radius 2 is 2.00 bits per heavy atom. The quantitative estimate of drug-likeness (QED) is 0.749. The van der Waals surface area contributed by atoms with Crippen LogP contribution >= 0.6 is 23.1 Å². The van der Waals surface area contributed by atoms with E-state index < -0.39 is 0 Å². The predicted octanol–water partition coefficient (Wildman–Crippen LogP) is 3.79. The number of rotatable bonds is 6. The van der Waals surface area contributed by atoms with E-state index in [9.17, 15) is 4.79 Å². The average molecular weight is 300 g/mol. The topological polar surface area (TPSA) is 33.2 Å². The summed E-state index contributed by atoms with van der Waals surface area (Å²) >= 11 is 3.36. The molecule has 0 spiro atoms. The molecule has 0 bridgehead atoms. The van der Waals surface area contributed by atoms with Gasteiger partial charge in [-0.25, -0.2) is 4.98 Å². The van der Waals surface area contributed by atoms with Crippen molar-refractivity contribution >= 4 is 29.0 Å². The lowest BCUT2D eigenvalue weighted by molar-refractivity contribution is -0.130. The highest BCUT2D eigenvalue weighted by atomic mass is 32.2. The zero-order valence-electron chi connectivity index (χ0n) is 12.5. The zero-order chi connectivity index (χ0) is 14.5. The molecule has 1 heterocycles. The van der Waals surface area contributed by atoms with E-state index in [4.69, 9.17) is 0 Å². The van der Waals surface area contributed by atoms with Crippen LogP contribution in [-0.2, 0) is 10.2 Å². The van der Waals surface area contributed by atoms with Crippen LogP contribution in [0.2, 0.25) is 0 Å². The van der Waals surface area contributed by atoms with Gasteiger partial charge in [-0.2, -0.15) is 0 Å². The summed E-state index contributed by atoms with van der Waals surface area (Å²) in [6.45, 7) is 12.1. The minimum atomic E-state index is 0.104. The van der Waals surface area contributed by atoms with Crippen molar-refractivity contribution in [1.29, 1.82) is 0 Å². The van der Waals surface area contributed by atoms with Crippen LogP contribution in [0.15, 0.2) is 9.72 Å². The number of carbonyl (C=O) groups excluding carboxylic acids is 1. The molecule has 19 heavy (non-hydrogen) atoms. The highest BCUT2D eigenvalue weighted by Crippen LogP contribution is 2.29. The highest BCUT2D eigenvalue weighted by molar-refractivity contribution is 8.01. The Hall–Kier alpha value is -0.550. The van der Waals surface area contributed by atoms with Crippen molar-refractivity contribution in [2.75, 3.05) is 18.8 Å². The molecular formula is C14H24N2OS2. The normalized spacial score (nSPS) is 11.6. The van der Waals surface area contributed by atoms with E-state index in [0.29, 0.717) is 6.42 Å². The van der Waals surface area contributed by atoms with E-state index in [2.05, 4.69) is 31.1 Å². The lowest BCUT2D eigenvalue weighted by atomic mass is 9.93. The largest absolute Gasteiger partial charge is 0.343 e. The highest BCUT2D eigenvalue weighted by Gasteiger charge is 2.17. The summed E-state index contributed by atoms with van der Waals surface area (Å²) in [5.41, 5.74) is 1.24. The molecule has 1 aromatic heterocycles. The Bertz CT molecular complexity index is 406. The Balaban J connectivity index is 2.41. The van der Waals surface area contributed by atoms with Crippen molar-refractivity contribution < 1.29 is 4.79 Å². The van der Waals surface area contributed by atoms with Crippen molar-refractivity contribution in [2.24, 2.45) is 0 Å². The SMILES string of the molecule is CCN(CC)C(=O)CCSc1nc(C(C)(C)C)cs1. The van der Waals surface area contributed by atoms with Crippen molar-refractivity contribution in [2.45, 2.75) is 50.8 Å². The average Bonchev–Trinajstić information content (AvgIpc) is 2.79. The van der Waals surface area contributed by atoms with Crippen molar-refractivity contribution in [1.82, 2.24) is 9.88 Å². The lowest BCUT2D eigenvalue weighted by Crippen LogP contribution is -2.30. The number of nitrogens with zero attached hydrogens (tertiary/aromatic N) is 2. The standard InChI is InChI=1S/C14H24N2OS2/c1-6-16(7-2)12(17)8-9-18-13-15-11(10-19-13)14(3,4)5/h10H,6-9H2,1-5H3. The first-order valence-electron chi connectivity index (χ1n) is 6.75. The van der Waals surface area contributed by atoms with E-state index in [0.717, 1.165) is 28.9 Å². The molecule has 1 rings (SSSR count). The molecule has 0 N–H and O–H groups in total. The van der Waals surface area contributed by atoms with Gasteiger partial charge in [0.25, 0.3) is 0 Å². The van der Waals surface area contributed by atoms with Crippen LogP contribution in [0, 0.1) is 0 Å². The first-order valence-corrected chi connectivity index (χ1v) is 8.61. The second kappa shape index (κ2) is 7.29. The van der Waals surface area contributed by atoms with Gasteiger partial charge in [0.05, 0.1) is 5.69 Å². The number of hydrogen-bond acceptors (Lipinski definition) is 4. The van der Waals surface area contributed by atoms with E-state index in [1.807, 2.05) is 18.7 Å². The van der Waals surface area contributed by atoms with E-state index in [1.165, 1.54) is 0 Å². The number of thioether (sulfide) groups is 1. The van der Waals surface area contributed by atoms with Gasteiger partial charge in [-0.3, -0.25) is 4.79 Å². The van der Waals surface area contributed by atoms with E-state index in [1.54, 1.807) is 23.1 Å². The van der Waals surface area contributed by atoms with Crippen molar-refractivity contribution in [3.05, 3.63) is 11.1 Å². The third kappa shape index (κ3) is 5.15. The zero-order valence-corrected chi connectivity index (χ0v) is 14.2. The van der Waals surface area contributed by atoms with Gasteiger partial charge in [-0.1, -0.05) is 32.5 Å². The second-order valence-electron chi connectivity index (χ2n) is 5.41. The fourth-order valence-electron chi connectivity index (χ4n) is 1.63. The Morgan fingerprint density at radius 3 is 2.47 bits per heavy atom. The maximum Gasteiger partial charge on any atom is 0.223 e. The molecule has 0 unspecified atom stereocenters. The molecule has 0 saturated heterocycles. The maximum atomic E-state index is 11.9. The summed E-state index contributed by atoms with van der Waals surface area (Å²) < 4.78 is 1.07. The third-order valence-corrected chi connectivity index (χ3v) is 4.93. The Kier molecular flexibility index (Phi) is 6.33. The molecule has 0 fully saturated rings. The first kappa shape index (κ1) is 16.5. The van der Waals surface area contributed by atoms with Gasteiger partial charge in [-0.15, -0.1) is 11.3 Å². The van der Waals surface area contributed by atoms with Crippen LogP contribution < -0.4 is 0 Å². The minimum absolute atomic E-state index is 0.104. The molecule has 108 valence electrons. The molecule has 0 aliphatic carbocycles. The summed E-state index contributed by atoms with van der Waals surface area (Å²) in [7, 11) is 0. The molecular weight excluding hydrogens is 276 g/mol. The molecule has 5 heteroatoms. The summed E-state index contributed by atoms with van der Waals surface area (Å²) in [4.78, 5) is 18.4. The Labute approximate surface area is 124 Å². The molecule has 1 amide bonds. The third-order valence-electron chi connectivity index (χ3n) is 2.91. The first-order chi connectivity index (χ1) is 8.88. The number of thiazole rings is 1. The number of hydrogen-bond donors (Lipinski definition) is 0. The Morgan fingerprint density at radius 1 is 1.37 bits per heavy atom. The van der Waals surface area contributed by atoms with Crippen LogP contribution in [0.4, 0.5) is 0 Å². The van der Waals surface area contributed by atoms with Gasteiger partial charge in [-0.05, 0) is 13.8 Å². The van der Waals surface area contributed by atoms with Gasteiger partial charge >= 0.3 is 0 Å². The molecule has 3 nitrogen and oxygen atoms in total. The predicted molar refractivity (Wildman–Crippen MR) is 84.1 cm³/mol. The molecule has 0 aromatic carbocycles. The lowest BCUT2D eigenvalue weighted by Gasteiger charge is -2.18. The number of aromatic nitrogens is 1. The second-order valence-corrected chi connectivity index (χ2v) is 7.61. The fraction of sp³-hybridized carbons (Fsp3) is 0.714. The minimum Gasteiger partial charge on any atom is -0.343 e. The number of carbonyl (C=O) groups is 1. The van der Waals surface area contributed by atoms with Gasteiger partial charge in [0.2, 0.25) is 5.91 Å². The molecule has 0 radical (unpaired) electrons. The van der Waals surface area contributed by atoms with E-state index in [-0.39, 0.29) is 11.3 Å². The van der Waals surface area contributed by atoms with E-state index >= 15 is 0 Å². The van der Waals surface area contributed by atoms with Crippen LogP contribution in [0.3, 0.4) is 0 Å². The smallest absolute Gasteiger partial charge is 0.223 e. The van der Waals surface area contributed by atoms with Gasteiger partial charge in [0.15, 0.2) is 0 Å². The monoisotopic (exact) mass is 300 g/mol. The molecule has 0 aliphatic heterocycles. The molecule has 0 saturated carbocycles.